The molecule has 2 aromatic rings. The van der Waals surface area contributed by atoms with Crippen molar-refractivity contribution in [1.82, 2.24) is 0 Å². The van der Waals surface area contributed by atoms with Crippen molar-refractivity contribution in [2.75, 3.05) is 6.61 Å². The van der Waals surface area contributed by atoms with Gasteiger partial charge in [-0.25, -0.2) is 0 Å². The van der Waals surface area contributed by atoms with Crippen molar-refractivity contribution < 1.29 is 10.2 Å². The Balaban J connectivity index is 2.17. The van der Waals surface area contributed by atoms with E-state index in [1.165, 1.54) is 5.56 Å². The van der Waals surface area contributed by atoms with E-state index in [1.807, 2.05) is 48.5 Å². The van der Waals surface area contributed by atoms with Gasteiger partial charge in [0.1, 0.15) is 6.10 Å². The van der Waals surface area contributed by atoms with E-state index in [4.69, 9.17) is 0 Å². The first-order valence-corrected chi connectivity index (χ1v) is 7.84. The van der Waals surface area contributed by atoms with E-state index in [1.54, 1.807) is 0 Å². The molecule has 0 heterocycles. The van der Waals surface area contributed by atoms with Crippen LogP contribution < -0.4 is 0 Å². The molecule has 116 valence electrons. The van der Waals surface area contributed by atoms with Gasteiger partial charge in [-0.3, -0.25) is 0 Å². The van der Waals surface area contributed by atoms with Crippen LogP contribution in [-0.2, 0) is 6.42 Å². The van der Waals surface area contributed by atoms with Gasteiger partial charge in [0.2, 0.25) is 0 Å². The minimum absolute atomic E-state index is 0.103. The van der Waals surface area contributed by atoms with Gasteiger partial charge in [0.15, 0.2) is 0 Å². The lowest BCUT2D eigenvalue weighted by Crippen LogP contribution is -2.09. The molecule has 0 aromatic heterocycles. The van der Waals surface area contributed by atoms with Gasteiger partial charge in [0, 0.05) is 0 Å². The number of hydrogen-bond donors (Lipinski definition) is 2. The standard InChI is InChI=1S/C20H24O2/c1-2-17(14-13-16-9-5-3-6-10-16)19(15-21)20(22)18-11-7-4-8-12-18/h3-12,20-22H,2,13-15H2,1H3. The Morgan fingerprint density at radius 1 is 0.955 bits per heavy atom. The van der Waals surface area contributed by atoms with E-state index in [0.717, 1.165) is 36.0 Å². The van der Waals surface area contributed by atoms with Crippen molar-refractivity contribution in [3.8, 4) is 0 Å². The summed E-state index contributed by atoms with van der Waals surface area (Å²) in [6, 6.07) is 19.8. The normalized spacial score (nSPS) is 13.6. The van der Waals surface area contributed by atoms with E-state index in [2.05, 4.69) is 19.1 Å². The molecule has 0 fully saturated rings. The molecular formula is C20H24O2. The first-order chi connectivity index (χ1) is 10.8. The highest BCUT2D eigenvalue weighted by Crippen LogP contribution is 2.27. The van der Waals surface area contributed by atoms with Crippen LogP contribution in [0.3, 0.4) is 0 Å². The number of aliphatic hydroxyl groups excluding tert-OH is 2. The van der Waals surface area contributed by atoms with Gasteiger partial charge in [0.25, 0.3) is 0 Å². The van der Waals surface area contributed by atoms with E-state index >= 15 is 0 Å². The molecule has 22 heavy (non-hydrogen) atoms. The van der Waals surface area contributed by atoms with Crippen LogP contribution in [0.4, 0.5) is 0 Å². The zero-order chi connectivity index (χ0) is 15.8. The summed E-state index contributed by atoms with van der Waals surface area (Å²) >= 11 is 0. The van der Waals surface area contributed by atoms with E-state index in [0.29, 0.717) is 0 Å². The topological polar surface area (TPSA) is 40.5 Å². The Bertz CT molecular complexity index is 588. The Morgan fingerprint density at radius 2 is 1.55 bits per heavy atom. The second-order valence-corrected chi connectivity index (χ2v) is 5.44. The molecule has 0 bridgehead atoms. The average Bonchev–Trinajstić information content (AvgIpc) is 2.59. The van der Waals surface area contributed by atoms with Gasteiger partial charge < -0.3 is 10.2 Å². The molecule has 2 N–H and O–H groups in total. The lowest BCUT2D eigenvalue weighted by Gasteiger charge is -2.19. The lowest BCUT2D eigenvalue weighted by atomic mass is 9.92. The highest BCUT2D eigenvalue weighted by molar-refractivity contribution is 5.30. The maximum atomic E-state index is 10.6. The van der Waals surface area contributed by atoms with E-state index in [-0.39, 0.29) is 6.61 Å². The van der Waals surface area contributed by atoms with Crippen LogP contribution >= 0.6 is 0 Å². The number of rotatable bonds is 7. The van der Waals surface area contributed by atoms with Crippen molar-refractivity contribution in [3.63, 3.8) is 0 Å². The van der Waals surface area contributed by atoms with Crippen LogP contribution in [0.25, 0.3) is 0 Å². The quantitative estimate of drug-likeness (QED) is 0.757. The van der Waals surface area contributed by atoms with Crippen LogP contribution in [0, 0.1) is 0 Å². The third-order valence-corrected chi connectivity index (χ3v) is 4.05. The predicted octanol–water partition coefficient (Wildman–Crippen LogP) is 4.05. The van der Waals surface area contributed by atoms with Gasteiger partial charge in [0.05, 0.1) is 6.61 Å². The minimum atomic E-state index is -0.725. The Labute approximate surface area is 132 Å². The smallest absolute Gasteiger partial charge is 0.103 e. The summed E-state index contributed by atoms with van der Waals surface area (Å²) in [6.07, 6.45) is 1.90. The largest absolute Gasteiger partial charge is 0.392 e. The third kappa shape index (κ3) is 4.30. The van der Waals surface area contributed by atoms with Crippen LogP contribution in [0.2, 0.25) is 0 Å². The van der Waals surface area contributed by atoms with Gasteiger partial charge in [-0.05, 0) is 36.0 Å². The molecule has 0 aliphatic carbocycles. The first-order valence-electron chi connectivity index (χ1n) is 7.84. The molecule has 0 amide bonds. The Kier molecular flexibility index (Phi) is 6.38. The molecular weight excluding hydrogens is 272 g/mol. The van der Waals surface area contributed by atoms with Crippen molar-refractivity contribution in [2.45, 2.75) is 32.3 Å². The molecule has 0 radical (unpaired) electrons. The van der Waals surface area contributed by atoms with Gasteiger partial charge in [-0.2, -0.15) is 0 Å². The van der Waals surface area contributed by atoms with Crippen molar-refractivity contribution >= 4 is 0 Å². The van der Waals surface area contributed by atoms with Crippen LogP contribution in [0.1, 0.15) is 37.0 Å². The number of aryl methyl sites for hydroxylation is 1. The fourth-order valence-corrected chi connectivity index (χ4v) is 2.73. The fourth-order valence-electron chi connectivity index (χ4n) is 2.73. The molecule has 2 rings (SSSR count). The SMILES string of the molecule is CCC(CCc1ccccc1)=C(CO)C(O)c1ccccc1. The van der Waals surface area contributed by atoms with Crippen molar-refractivity contribution in [2.24, 2.45) is 0 Å². The van der Waals surface area contributed by atoms with Crippen molar-refractivity contribution in [1.29, 1.82) is 0 Å². The minimum Gasteiger partial charge on any atom is -0.392 e. The summed E-state index contributed by atoms with van der Waals surface area (Å²) < 4.78 is 0. The van der Waals surface area contributed by atoms with Crippen LogP contribution in [0.5, 0.6) is 0 Å². The molecule has 1 atom stereocenters. The molecule has 2 heteroatoms. The van der Waals surface area contributed by atoms with Crippen LogP contribution in [0.15, 0.2) is 71.8 Å². The molecule has 0 spiro atoms. The highest BCUT2D eigenvalue weighted by Gasteiger charge is 2.16. The third-order valence-electron chi connectivity index (χ3n) is 4.05. The number of aliphatic hydroxyl groups is 2. The number of benzene rings is 2. The number of hydrogen-bond acceptors (Lipinski definition) is 2. The molecule has 0 saturated carbocycles. The Morgan fingerprint density at radius 3 is 2.09 bits per heavy atom. The van der Waals surface area contributed by atoms with Gasteiger partial charge in [-0.15, -0.1) is 0 Å². The summed E-state index contributed by atoms with van der Waals surface area (Å²) in [6.45, 7) is 1.97. The van der Waals surface area contributed by atoms with Crippen molar-refractivity contribution in [3.05, 3.63) is 82.9 Å². The summed E-state index contributed by atoms with van der Waals surface area (Å²) in [4.78, 5) is 0. The first kappa shape index (κ1) is 16.5. The monoisotopic (exact) mass is 296 g/mol. The highest BCUT2D eigenvalue weighted by atomic mass is 16.3. The van der Waals surface area contributed by atoms with Gasteiger partial charge >= 0.3 is 0 Å². The van der Waals surface area contributed by atoms with E-state index < -0.39 is 6.10 Å². The molecule has 0 saturated heterocycles. The molecule has 2 aromatic carbocycles. The summed E-state index contributed by atoms with van der Waals surface area (Å²) in [7, 11) is 0. The fraction of sp³-hybridized carbons (Fsp3) is 0.300. The second-order valence-electron chi connectivity index (χ2n) is 5.44. The zero-order valence-corrected chi connectivity index (χ0v) is 13.1. The maximum Gasteiger partial charge on any atom is 0.103 e. The van der Waals surface area contributed by atoms with Gasteiger partial charge in [-0.1, -0.05) is 73.2 Å². The molecule has 1 unspecified atom stereocenters. The van der Waals surface area contributed by atoms with Crippen LogP contribution in [-0.4, -0.2) is 16.8 Å². The predicted molar refractivity (Wildman–Crippen MR) is 90.6 cm³/mol. The maximum absolute atomic E-state index is 10.6. The van der Waals surface area contributed by atoms with E-state index in [9.17, 15) is 10.2 Å². The summed E-state index contributed by atoms with van der Waals surface area (Å²) in [5.41, 5.74) is 3.99. The lowest BCUT2D eigenvalue weighted by molar-refractivity contribution is 0.188. The zero-order valence-electron chi connectivity index (χ0n) is 13.1. The average molecular weight is 296 g/mol. The molecule has 0 aliphatic heterocycles. The molecule has 2 nitrogen and oxygen atoms in total. The molecule has 0 aliphatic rings. The summed E-state index contributed by atoms with van der Waals surface area (Å²) in [5.74, 6) is 0. The Hall–Kier alpha value is -1.90. The summed E-state index contributed by atoms with van der Waals surface area (Å²) in [5, 5.41) is 20.3. The number of allylic oxidation sites excluding steroid dienone is 1. The second kappa shape index (κ2) is 8.52.